The van der Waals surface area contributed by atoms with E-state index in [9.17, 15) is 9.90 Å². The highest BCUT2D eigenvalue weighted by atomic mass is 16.5. The maximum absolute atomic E-state index is 11.2. The Labute approximate surface area is 154 Å². The van der Waals surface area contributed by atoms with Crippen LogP contribution in [0.5, 0.6) is 5.75 Å². The van der Waals surface area contributed by atoms with E-state index in [0.717, 1.165) is 45.6 Å². The maximum Gasteiger partial charge on any atom is 0.219 e. The van der Waals surface area contributed by atoms with Gasteiger partial charge in [0.25, 0.3) is 0 Å². The molecule has 1 aliphatic carbocycles. The van der Waals surface area contributed by atoms with E-state index >= 15 is 0 Å². The molecule has 0 heterocycles. The van der Waals surface area contributed by atoms with Gasteiger partial charge in [0.1, 0.15) is 11.5 Å². The van der Waals surface area contributed by atoms with Crippen LogP contribution in [-0.4, -0.2) is 24.2 Å². The quantitative estimate of drug-likeness (QED) is 0.715. The highest BCUT2D eigenvalue weighted by Gasteiger charge is 2.22. The van der Waals surface area contributed by atoms with Crippen molar-refractivity contribution in [3.05, 3.63) is 52.6 Å². The number of amides is 1. The predicted octanol–water partition coefficient (Wildman–Crippen LogP) is 4.64. The number of carbonyl (C=O) groups is 1. The Morgan fingerprint density at radius 1 is 1.15 bits per heavy atom. The monoisotopic (exact) mass is 351 g/mol. The molecule has 26 heavy (non-hydrogen) atoms. The van der Waals surface area contributed by atoms with Gasteiger partial charge in [0.05, 0.1) is 6.61 Å². The molecule has 0 unspecified atom stereocenters. The summed E-state index contributed by atoms with van der Waals surface area (Å²) >= 11 is 0. The summed E-state index contributed by atoms with van der Waals surface area (Å²) in [6.07, 6.45) is 3.07. The van der Waals surface area contributed by atoms with Crippen LogP contribution in [0.25, 0.3) is 23.0 Å². The molecule has 2 aromatic rings. The number of aliphatic hydroxyl groups is 1. The molecule has 0 radical (unpaired) electrons. The van der Waals surface area contributed by atoms with Crippen molar-refractivity contribution >= 4 is 17.7 Å². The van der Waals surface area contributed by atoms with Gasteiger partial charge in [-0.2, -0.15) is 0 Å². The summed E-state index contributed by atoms with van der Waals surface area (Å²) in [6.45, 7) is 7.16. The fourth-order valence-electron chi connectivity index (χ4n) is 3.37. The molecule has 2 N–H and O–H groups in total. The molecule has 4 heteroatoms. The van der Waals surface area contributed by atoms with E-state index < -0.39 is 0 Å². The number of hydrogen-bond acceptors (Lipinski definition) is 3. The second-order valence-corrected chi connectivity index (χ2v) is 6.64. The zero-order valence-electron chi connectivity index (χ0n) is 15.6. The molecule has 0 bridgehead atoms. The molecule has 0 aliphatic heterocycles. The van der Waals surface area contributed by atoms with Gasteiger partial charge >= 0.3 is 0 Å². The minimum Gasteiger partial charge on any atom is -0.507 e. The molecular weight excluding hydrogens is 326 g/mol. The van der Waals surface area contributed by atoms with Crippen molar-refractivity contribution in [2.75, 3.05) is 13.2 Å². The van der Waals surface area contributed by atoms with Gasteiger partial charge in [0.15, 0.2) is 0 Å². The Hall–Kier alpha value is -2.75. The van der Waals surface area contributed by atoms with Crippen LogP contribution in [0, 0.1) is 13.8 Å². The number of ether oxygens (including phenoxy) is 1. The topological polar surface area (TPSA) is 58.6 Å². The molecule has 1 amide bonds. The molecular formula is C22H25NO3. The zero-order valence-corrected chi connectivity index (χ0v) is 15.6. The van der Waals surface area contributed by atoms with Crippen molar-refractivity contribution < 1.29 is 14.6 Å². The number of carbonyl (C=O) groups excluding carboxylic acids is 1. The molecule has 1 aliphatic rings. The van der Waals surface area contributed by atoms with E-state index in [1.54, 1.807) is 6.08 Å². The van der Waals surface area contributed by atoms with Crippen molar-refractivity contribution in [2.45, 2.75) is 33.6 Å². The lowest BCUT2D eigenvalue weighted by atomic mass is 9.84. The van der Waals surface area contributed by atoms with Crippen LogP contribution >= 0.6 is 0 Å². The van der Waals surface area contributed by atoms with Crippen LogP contribution in [0.1, 0.15) is 42.0 Å². The fourth-order valence-corrected chi connectivity index (χ4v) is 3.37. The van der Waals surface area contributed by atoms with Crippen molar-refractivity contribution in [2.24, 2.45) is 0 Å². The van der Waals surface area contributed by atoms with Crippen LogP contribution in [-0.2, 0) is 4.79 Å². The Kier molecular flexibility index (Phi) is 5.31. The summed E-state index contributed by atoms with van der Waals surface area (Å²) in [4.78, 5) is 11.2. The number of hydrogen-bond donors (Lipinski definition) is 2. The van der Waals surface area contributed by atoms with Gasteiger partial charge in [-0.1, -0.05) is 25.1 Å². The van der Waals surface area contributed by atoms with E-state index in [-0.39, 0.29) is 5.91 Å². The molecule has 4 nitrogen and oxygen atoms in total. The van der Waals surface area contributed by atoms with Gasteiger partial charge in [-0.25, -0.2) is 0 Å². The van der Waals surface area contributed by atoms with E-state index in [4.69, 9.17) is 4.74 Å². The van der Waals surface area contributed by atoms with Crippen LogP contribution in [0.15, 0.2) is 30.3 Å². The largest absolute Gasteiger partial charge is 0.507 e. The summed E-state index contributed by atoms with van der Waals surface area (Å²) in [5.74, 6) is 1.25. The van der Waals surface area contributed by atoms with Crippen molar-refractivity contribution in [3.63, 3.8) is 0 Å². The first-order chi connectivity index (χ1) is 12.5. The third-order valence-electron chi connectivity index (χ3n) is 4.65. The van der Waals surface area contributed by atoms with Gasteiger partial charge in [-0.05, 0) is 66.3 Å². The number of nitrogens with one attached hydrogen (secondary N) is 1. The molecule has 2 aromatic carbocycles. The van der Waals surface area contributed by atoms with E-state index in [1.807, 2.05) is 37.3 Å². The highest BCUT2D eigenvalue weighted by molar-refractivity contribution is 5.99. The van der Waals surface area contributed by atoms with Crippen LogP contribution in [0.2, 0.25) is 0 Å². The maximum atomic E-state index is 11.2. The first-order valence-corrected chi connectivity index (χ1v) is 9.06. The Balaban J connectivity index is 1.70. The van der Waals surface area contributed by atoms with Crippen LogP contribution < -0.4 is 10.1 Å². The van der Waals surface area contributed by atoms with E-state index in [1.165, 1.54) is 0 Å². The second kappa shape index (κ2) is 7.65. The highest BCUT2D eigenvalue weighted by Crippen LogP contribution is 2.41. The molecule has 0 saturated heterocycles. The summed E-state index contributed by atoms with van der Waals surface area (Å²) in [5.41, 5.74) is 6.45. The summed E-state index contributed by atoms with van der Waals surface area (Å²) in [7, 11) is 0. The summed E-state index contributed by atoms with van der Waals surface area (Å²) < 4.78 is 5.85. The molecule has 136 valence electrons. The number of fused-ring (bicyclic) bond motifs is 1. The molecule has 0 saturated carbocycles. The minimum absolute atomic E-state index is 0.0674. The molecule has 0 fully saturated rings. The van der Waals surface area contributed by atoms with E-state index in [0.29, 0.717) is 25.3 Å². The number of aliphatic hydroxyl groups excluding tert-OH is 1. The molecule has 0 spiro atoms. The Morgan fingerprint density at radius 2 is 1.88 bits per heavy atom. The normalized spacial score (nSPS) is 12.0. The Bertz CT molecular complexity index is 845. The lowest BCUT2D eigenvalue weighted by Gasteiger charge is -2.22. The van der Waals surface area contributed by atoms with E-state index in [2.05, 4.69) is 19.2 Å². The van der Waals surface area contributed by atoms with Gasteiger partial charge in [-0.3, -0.25) is 4.79 Å². The predicted molar refractivity (Wildman–Crippen MR) is 105 cm³/mol. The first kappa shape index (κ1) is 18.1. The van der Waals surface area contributed by atoms with Gasteiger partial charge in [0.2, 0.25) is 5.91 Å². The summed E-state index contributed by atoms with van der Waals surface area (Å²) in [5, 5.41) is 12.9. The SMILES string of the molecule is CCC(=O)NCCCOc1cc(C)c(-c2cccc3c2C(O)=C3)c(C)c1. The molecule has 0 aromatic heterocycles. The van der Waals surface area contributed by atoms with Crippen molar-refractivity contribution in [3.8, 4) is 16.9 Å². The lowest BCUT2D eigenvalue weighted by Crippen LogP contribution is -2.24. The third kappa shape index (κ3) is 3.59. The number of benzene rings is 2. The minimum atomic E-state index is 0.0674. The zero-order chi connectivity index (χ0) is 18.7. The average Bonchev–Trinajstić information content (AvgIpc) is 2.59. The third-order valence-corrected chi connectivity index (χ3v) is 4.65. The molecule has 0 atom stereocenters. The average molecular weight is 351 g/mol. The van der Waals surface area contributed by atoms with Gasteiger partial charge in [0, 0.05) is 18.5 Å². The van der Waals surface area contributed by atoms with Crippen LogP contribution in [0.4, 0.5) is 0 Å². The smallest absolute Gasteiger partial charge is 0.219 e. The lowest BCUT2D eigenvalue weighted by molar-refractivity contribution is -0.120. The van der Waals surface area contributed by atoms with Gasteiger partial charge < -0.3 is 15.2 Å². The summed E-state index contributed by atoms with van der Waals surface area (Å²) in [6, 6.07) is 10.1. The van der Waals surface area contributed by atoms with Crippen LogP contribution in [0.3, 0.4) is 0 Å². The van der Waals surface area contributed by atoms with Crippen molar-refractivity contribution in [1.82, 2.24) is 5.32 Å². The Morgan fingerprint density at radius 3 is 2.54 bits per heavy atom. The first-order valence-electron chi connectivity index (χ1n) is 9.06. The van der Waals surface area contributed by atoms with Crippen molar-refractivity contribution in [1.29, 1.82) is 0 Å². The standard InChI is InChI=1S/C22H25NO3/c1-4-20(25)23-9-6-10-26-17-11-14(2)21(15(3)12-17)18-8-5-7-16-13-19(24)22(16)18/h5,7-8,11-13,24H,4,6,9-10H2,1-3H3,(H,23,25). The number of rotatable bonds is 7. The molecule has 3 rings (SSSR count). The fraction of sp³-hybridized carbons (Fsp3) is 0.318. The number of aryl methyl sites for hydroxylation is 2. The van der Waals surface area contributed by atoms with Gasteiger partial charge in [-0.15, -0.1) is 0 Å². The second-order valence-electron chi connectivity index (χ2n) is 6.64.